The van der Waals surface area contributed by atoms with Crippen molar-refractivity contribution in [1.82, 2.24) is 19.4 Å². The minimum Gasteiger partial charge on any atom is -0.466 e. The van der Waals surface area contributed by atoms with Crippen LogP contribution in [0.3, 0.4) is 0 Å². The summed E-state index contributed by atoms with van der Waals surface area (Å²) in [4.78, 5) is 21.0. The lowest BCUT2D eigenvalue weighted by molar-refractivity contribution is -0.141. The Kier molecular flexibility index (Phi) is 7.97. The van der Waals surface area contributed by atoms with Crippen LogP contribution in [-0.4, -0.2) is 58.1 Å². The quantitative estimate of drug-likeness (QED) is 0.235. The van der Waals surface area contributed by atoms with Crippen molar-refractivity contribution in [3.05, 3.63) is 101 Å². The number of aryl methyl sites for hydroxylation is 2. The number of carbonyl (C=O) groups excluding carboxylic acids is 1. The van der Waals surface area contributed by atoms with E-state index in [1.54, 1.807) is 0 Å². The second-order valence-electron chi connectivity index (χ2n) is 9.86. The fourth-order valence-electron chi connectivity index (χ4n) is 5.44. The van der Waals surface area contributed by atoms with Crippen LogP contribution in [0.5, 0.6) is 0 Å². The largest absolute Gasteiger partial charge is 0.466 e. The topological polar surface area (TPSA) is 50.6 Å². The number of carbonyl (C=O) groups is 1. The first-order chi connectivity index (χ1) is 18.1. The SMILES string of the molecule is CC(=O)OCCCn1c(C)nc2cc(CN3CCN(C(c4ccccc4)c4ccccc4)CC3)ccc21. The molecule has 0 spiro atoms. The van der Waals surface area contributed by atoms with Gasteiger partial charge >= 0.3 is 5.97 Å². The van der Waals surface area contributed by atoms with Gasteiger partial charge in [-0.05, 0) is 42.2 Å². The summed E-state index contributed by atoms with van der Waals surface area (Å²) in [6, 6.07) is 28.7. The first kappa shape index (κ1) is 25.2. The molecule has 3 aromatic carbocycles. The van der Waals surface area contributed by atoms with Crippen molar-refractivity contribution in [3.8, 4) is 0 Å². The molecule has 2 heterocycles. The third kappa shape index (κ3) is 6.09. The van der Waals surface area contributed by atoms with Crippen LogP contribution >= 0.6 is 0 Å². The highest BCUT2D eigenvalue weighted by Gasteiger charge is 2.26. The summed E-state index contributed by atoms with van der Waals surface area (Å²) in [6.45, 7) is 9.80. The van der Waals surface area contributed by atoms with Gasteiger partial charge in [0.25, 0.3) is 0 Å². The van der Waals surface area contributed by atoms with Crippen LogP contribution in [0.25, 0.3) is 11.0 Å². The zero-order valence-corrected chi connectivity index (χ0v) is 21.8. The minimum atomic E-state index is -0.228. The molecule has 37 heavy (non-hydrogen) atoms. The average Bonchev–Trinajstić information content (AvgIpc) is 3.23. The number of benzene rings is 3. The standard InChI is InChI=1S/C31H36N4O2/c1-24-32-29-22-26(14-15-30(29)35(24)16-9-21-37-25(2)36)23-33-17-19-34(20-18-33)31(27-10-5-3-6-11-27)28-12-7-4-8-13-28/h3-8,10-15,22,31H,9,16-21,23H2,1-2H3. The van der Waals surface area contributed by atoms with Crippen LogP contribution in [0.1, 0.15) is 41.9 Å². The molecule has 0 atom stereocenters. The first-order valence-corrected chi connectivity index (χ1v) is 13.2. The van der Waals surface area contributed by atoms with E-state index in [1.165, 1.54) is 23.6 Å². The van der Waals surface area contributed by atoms with Gasteiger partial charge in [0.05, 0.1) is 23.7 Å². The Balaban J connectivity index is 1.22. The molecule has 0 saturated carbocycles. The number of ether oxygens (including phenoxy) is 1. The summed E-state index contributed by atoms with van der Waals surface area (Å²) in [5, 5.41) is 0. The summed E-state index contributed by atoms with van der Waals surface area (Å²) in [5.74, 6) is 0.768. The second kappa shape index (κ2) is 11.7. The maximum Gasteiger partial charge on any atom is 0.302 e. The van der Waals surface area contributed by atoms with Crippen molar-refractivity contribution < 1.29 is 9.53 Å². The van der Waals surface area contributed by atoms with E-state index in [0.717, 1.165) is 62.5 Å². The maximum absolute atomic E-state index is 11.0. The number of imidazole rings is 1. The van der Waals surface area contributed by atoms with Crippen LogP contribution < -0.4 is 0 Å². The Labute approximate surface area is 219 Å². The highest BCUT2D eigenvalue weighted by molar-refractivity contribution is 5.77. The Bertz CT molecular complexity index is 1270. The van der Waals surface area contributed by atoms with E-state index in [-0.39, 0.29) is 12.0 Å². The van der Waals surface area contributed by atoms with Crippen LogP contribution in [0.2, 0.25) is 0 Å². The fraction of sp³-hybridized carbons (Fsp3) is 0.355. The Morgan fingerprint density at radius 2 is 1.57 bits per heavy atom. The van der Waals surface area contributed by atoms with E-state index in [1.807, 2.05) is 6.92 Å². The van der Waals surface area contributed by atoms with Gasteiger partial charge in [0.2, 0.25) is 0 Å². The summed E-state index contributed by atoms with van der Waals surface area (Å²) in [7, 11) is 0. The molecule has 1 aliphatic rings. The molecule has 4 aromatic rings. The lowest BCUT2D eigenvalue weighted by Crippen LogP contribution is -2.47. The molecule has 0 radical (unpaired) electrons. The summed E-state index contributed by atoms with van der Waals surface area (Å²) in [6.07, 6.45) is 0.783. The minimum absolute atomic E-state index is 0.228. The Morgan fingerprint density at radius 3 is 2.19 bits per heavy atom. The number of rotatable bonds is 9. The zero-order chi connectivity index (χ0) is 25.6. The zero-order valence-electron chi connectivity index (χ0n) is 21.8. The Morgan fingerprint density at radius 1 is 0.919 bits per heavy atom. The van der Waals surface area contributed by atoms with Gasteiger partial charge in [0.15, 0.2) is 0 Å². The van der Waals surface area contributed by atoms with Gasteiger partial charge < -0.3 is 9.30 Å². The third-order valence-corrected chi connectivity index (χ3v) is 7.24. The van der Waals surface area contributed by atoms with E-state index < -0.39 is 0 Å². The van der Waals surface area contributed by atoms with Gasteiger partial charge in [-0.15, -0.1) is 0 Å². The highest BCUT2D eigenvalue weighted by Crippen LogP contribution is 2.30. The van der Waals surface area contributed by atoms with E-state index in [2.05, 4.69) is 93.2 Å². The highest BCUT2D eigenvalue weighted by atomic mass is 16.5. The molecule has 5 rings (SSSR count). The monoisotopic (exact) mass is 496 g/mol. The first-order valence-electron chi connectivity index (χ1n) is 13.2. The molecule has 0 aliphatic carbocycles. The molecule has 1 aromatic heterocycles. The van der Waals surface area contributed by atoms with Crippen molar-refractivity contribution in [2.45, 2.75) is 39.4 Å². The third-order valence-electron chi connectivity index (χ3n) is 7.24. The molecular weight excluding hydrogens is 460 g/mol. The van der Waals surface area contributed by atoms with Gasteiger partial charge in [-0.25, -0.2) is 4.98 Å². The van der Waals surface area contributed by atoms with E-state index in [9.17, 15) is 4.79 Å². The van der Waals surface area contributed by atoms with Crippen LogP contribution in [0.15, 0.2) is 78.9 Å². The molecule has 192 valence electrons. The average molecular weight is 497 g/mol. The molecule has 6 nitrogen and oxygen atoms in total. The normalized spacial score (nSPS) is 14.9. The van der Waals surface area contributed by atoms with E-state index in [0.29, 0.717) is 6.61 Å². The number of hydrogen-bond donors (Lipinski definition) is 0. The predicted octanol–water partition coefficient (Wildman–Crippen LogP) is 5.21. The smallest absolute Gasteiger partial charge is 0.302 e. The molecular formula is C31H36N4O2. The summed E-state index contributed by atoms with van der Waals surface area (Å²) >= 11 is 0. The number of hydrogen-bond acceptors (Lipinski definition) is 5. The van der Waals surface area contributed by atoms with Gasteiger partial charge in [-0.2, -0.15) is 0 Å². The molecule has 0 amide bonds. The number of fused-ring (bicyclic) bond motifs is 1. The van der Waals surface area contributed by atoms with Crippen LogP contribution in [-0.2, 0) is 22.6 Å². The van der Waals surface area contributed by atoms with Gasteiger partial charge in [-0.3, -0.25) is 14.6 Å². The van der Waals surface area contributed by atoms with Crippen molar-refractivity contribution in [1.29, 1.82) is 0 Å². The van der Waals surface area contributed by atoms with E-state index in [4.69, 9.17) is 9.72 Å². The lowest BCUT2D eigenvalue weighted by atomic mass is 9.96. The van der Waals surface area contributed by atoms with E-state index >= 15 is 0 Å². The van der Waals surface area contributed by atoms with Gasteiger partial charge in [0.1, 0.15) is 5.82 Å². The fourth-order valence-corrected chi connectivity index (χ4v) is 5.44. The van der Waals surface area contributed by atoms with Crippen molar-refractivity contribution in [2.24, 2.45) is 0 Å². The molecule has 1 fully saturated rings. The molecule has 1 aliphatic heterocycles. The Hall–Kier alpha value is -3.48. The maximum atomic E-state index is 11.0. The van der Waals surface area contributed by atoms with Crippen molar-refractivity contribution in [3.63, 3.8) is 0 Å². The summed E-state index contributed by atoms with van der Waals surface area (Å²) in [5.41, 5.74) is 6.18. The molecule has 6 heteroatoms. The molecule has 1 saturated heterocycles. The second-order valence-corrected chi connectivity index (χ2v) is 9.86. The van der Waals surface area contributed by atoms with Gasteiger partial charge in [-0.1, -0.05) is 66.7 Å². The van der Waals surface area contributed by atoms with Gasteiger partial charge in [0, 0.05) is 46.2 Å². The lowest BCUT2D eigenvalue weighted by Gasteiger charge is -2.39. The number of aromatic nitrogens is 2. The molecule has 0 unspecified atom stereocenters. The predicted molar refractivity (Wildman–Crippen MR) is 147 cm³/mol. The van der Waals surface area contributed by atoms with Crippen molar-refractivity contribution >= 4 is 17.0 Å². The summed E-state index contributed by atoms with van der Waals surface area (Å²) < 4.78 is 7.30. The number of piperazine rings is 1. The number of nitrogens with zero attached hydrogens (tertiary/aromatic N) is 4. The van der Waals surface area contributed by atoms with Crippen molar-refractivity contribution in [2.75, 3.05) is 32.8 Å². The molecule has 0 bridgehead atoms. The molecule has 0 N–H and O–H groups in total. The van der Waals surface area contributed by atoms with Crippen LogP contribution in [0.4, 0.5) is 0 Å². The van der Waals surface area contributed by atoms with Crippen LogP contribution in [0, 0.1) is 6.92 Å². The number of esters is 1.